The third-order valence-corrected chi connectivity index (χ3v) is 2.28. The van der Waals surface area contributed by atoms with E-state index in [1.807, 2.05) is 0 Å². The highest BCUT2D eigenvalue weighted by molar-refractivity contribution is 4.83. The van der Waals surface area contributed by atoms with Gasteiger partial charge in [0.05, 0.1) is 5.60 Å². The van der Waals surface area contributed by atoms with Gasteiger partial charge in [-0.25, -0.2) is 0 Å². The second-order valence-electron chi connectivity index (χ2n) is 5.20. The van der Waals surface area contributed by atoms with E-state index in [1.165, 1.54) is 0 Å². The highest BCUT2D eigenvalue weighted by atomic mass is 16.3. The number of likely N-dealkylation sites (N-methyl/N-ethyl adjacent to an activating group) is 1. The Morgan fingerprint density at radius 3 is 1.79 bits per heavy atom. The van der Waals surface area contributed by atoms with E-state index in [9.17, 15) is 5.11 Å². The first-order valence-electron chi connectivity index (χ1n) is 5.82. The summed E-state index contributed by atoms with van der Waals surface area (Å²) in [5.74, 6) is 1.11. The van der Waals surface area contributed by atoms with E-state index in [0.717, 1.165) is 25.9 Å². The fraction of sp³-hybridized carbons (Fsp3) is 1.00. The van der Waals surface area contributed by atoms with Gasteiger partial charge in [0.15, 0.2) is 0 Å². The molecule has 0 unspecified atom stereocenters. The molecule has 0 fully saturated rings. The lowest BCUT2D eigenvalue weighted by molar-refractivity contribution is 0.00169. The summed E-state index contributed by atoms with van der Waals surface area (Å²) in [6, 6.07) is 0. The van der Waals surface area contributed by atoms with E-state index < -0.39 is 5.60 Å². The van der Waals surface area contributed by atoms with Crippen molar-refractivity contribution in [1.29, 1.82) is 0 Å². The third kappa shape index (κ3) is 6.39. The van der Waals surface area contributed by atoms with E-state index >= 15 is 0 Å². The highest BCUT2D eigenvalue weighted by Gasteiger charge is 2.28. The molecular formula is C12H27NO. The van der Waals surface area contributed by atoms with Gasteiger partial charge in [-0.3, -0.25) is 0 Å². The summed E-state index contributed by atoms with van der Waals surface area (Å²) in [6.07, 6.45) is 1.77. The lowest BCUT2D eigenvalue weighted by Crippen LogP contribution is -2.42. The van der Waals surface area contributed by atoms with Gasteiger partial charge in [-0.1, -0.05) is 34.6 Å². The van der Waals surface area contributed by atoms with Crippen molar-refractivity contribution in [2.24, 2.45) is 11.8 Å². The van der Waals surface area contributed by atoms with Crippen LogP contribution in [0.5, 0.6) is 0 Å². The van der Waals surface area contributed by atoms with Crippen LogP contribution in [0.1, 0.15) is 47.5 Å². The van der Waals surface area contributed by atoms with Crippen molar-refractivity contribution in [3.63, 3.8) is 0 Å². The molecular weight excluding hydrogens is 174 g/mol. The van der Waals surface area contributed by atoms with E-state index in [-0.39, 0.29) is 0 Å². The molecule has 0 aliphatic carbocycles. The van der Waals surface area contributed by atoms with Crippen LogP contribution in [0, 0.1) is 11.8 Å². The Balaban J connectivity index is 4.17. The predicted octanol–water partition coefficient (Wildman–Crippen LogP) is 2.42. The van der Waals surface area contributed by atoms with Gasteiger partial charge >= 0.3 is 0 Å². The average molecular weight is 201 g/mol. The zero-order valence-corrected chi connectivity index (χ0v) is 10.4. The molecule has 0 aromatic heterocycles. The molecule has 2 nitrogen and oxygen atoms in total. The normalized spacial score (nSPS) is 12.9. The van der Waals surface area contributed by atoms with Crippen LogP contribution in [0.2, 0.25) is 0 Å². The molecule has 0 aromatic carbocycles. The van der Waals surface area contributed by atoms with Crippen LogP contribution < -0.4 is 5.32 Å². The van der Waals surface area contributed by atoms with Crippen LogP contribution >= 0.6 is 0 Å². The number of rotatable bonds is 7. The molecule has 0 aliphatic rings. The van der Waals surface area contributed by atoms with Gasteiger partial charge in [-0.2, -0.15) is 0 Å². The molecule has 0 aromatic rings. The summed E-state index contributed by atoms with van der Waals surface area (Å²) < 4.78 is 0. The number of hydrogen-bond acceptors (Lipinski definition) is 2. The van der Waals surface area contributed by atoms with E-state index in [1.54, 1.807) is 0 Å². The zero-order valence-electron chi connectivity index (χ0n) is 10.4. The molecule has 0 radical (unpaired) electrons. The minimum Gasteiger partial charge on any atom is -0.389 e. The zero-order chi connectivity index (χ0) is 11.2. The second kappa shape index (κ2) is 6.41. The first-order valence-corrected chi connectivity index (χ1v) is 5.82. The Kier molecular flexibility index (Phi) is 6.38. The fourth-order valence-electron chi connectivity index (χ4n) is 2.11. The summed E-state index contributed by atoms with van der Waals surface area (Å²) in [7, 11) is 0. The van der Waals surface area contributed by atoms with Crippen LogP contribution in [0.25, 0.3) is 0 Å². The molecule has 0 amide bonds. The van der Waals surface area contributed by atoms with Gasteiger partial charge in [0, 0.05) is 6.54 Å². The standard InChI is InChI=1S/C12H27NO/c1-6-13-9-12(14,7-10(2)3)8-11(4)5/h10-11,13-14H,6-9H2,1-5H3. The topological polar surface area (TPSA) is 32.3 Å². The molecule has 0 atom stereocenters. The Labute approximate surface area is 89.1 Å². The third-order valence-electron chi connectivity index (χ3n) is 2.28. The monoisotopic (exact) mass is 201 g/mol. The van der Waals surface area contributed by atoms with Crippen LogP contribution in [-0.2, 0) is 0 Å². The average Bonchev–Trinajstić information content (AvgIpc) is 1.97. The van der Waals surface area contributed by atoms with Gasteiger partial charge in [0.25, 0.3) is 0 Å². The maximum absolute atomic E-state index is 10.4. The first-order chi connectivity index (χ1) is 6.39. The van der Waals surface area contributed by atoms with Crippen LogP contribution in [-0.4, -0.2) is 23.8 Å². The molecule has 0 saturated heterocycles. The summed E-state index contributed by atoms with van der Waals surface area (Å²) in [4.78, 5) is 0. The van der Waals surface area contributed by atoms with Gasteiger partial charge < -0.3 is 10.4 Å². The van der Waals surface area contributed by atoms with Crippen molar-refractivity contribution in [2.45, 2.75) is 53.1 Å². The van der Waals surface area contributed by atoms with Crippen molar-refractivity contribution in [3.05, 3.63) is 0 Å². The minimum atomic E-state index is -0.516. The summed E-state index contributed by atoms with van der Waals surface area (Å²) in [5, 5.41) is 13.7. The molecule has 0 aliphatic heterocycles. The quantitative estimate of drug-likeness (QED) is 0.663. The van der Waals surface area contributed by atoms with Gasteiger partial charge in [-0.05, 0) is 31.2 Å². The van der Waals surface area contributed by atoms with Gasteiger partial charge in [-0.15, -0.1) is 0 Å². The van der Waals surface area contributed by atoms with Crippen LogP contribution in [0.4, 0.5) is 0 Å². The van der Waals surface area contributed by atoms with Crippen molar-refractivity contribution < 1.29 is 5.11 Å². The second-order valence-corrected chi connectivity index (χ2v) is 5.20. The van der Waals surface area contributed by atoms with Crippen molar-refractivity contribution in [2.75, 3.05) is 13.1 Å². The number of nitrogens with one attached hydrogen (secondary N) is 1. The predicted molar refractivity (Wildman–Crippen MR) is 62.4 cm³/mol. The molecule has 0 bridgehead atoms. The summed E-state index contributed by atoms with van der Waals surface area (Å²) in [5.41, 5.74) is -0.516. The molecule has 2 heteroatoms. The summed E-state index contributed by atoms with van der Waals surface area (Å²) in [6.45, 7) is 12.4. The summed E-state index contributed by atoms with van der Waals surface area (Å²) >= 11 is 0. The number of aliphatic hydroxyl groups is 1. The highest BCUT2D eigenvalue weighted by Crippen LogP contribution is 2.24. The Morgan fingerprint density at radius 1 is 1.07 bits per heavy atom. The molecule has 0 heterocycles. The first kappa shape index (κ1) is 13.9. The SMILES string of the molecule is CCNCC(O)(CC(C)C)CC(C)C. The minimum absolute atomic E-state index is 0.516. The fourth-order valence-corrected chi connectivity index (χ4v) is 2.11. The van der Waals surface area contributed by atoms with Crippen molar-refractivity contribution >= 4 is 0 Å². The maximum atomic E-state index is 10.4. The largest absolute Gasteiger partial charge is 0.389 e. The molecule has 14 heavy (non-hydrogen) atoms. The van der Waals surface area contributed by atoms with E-state index in [2.05, 4.69) is 39.9 Å². The smallest absolute Gasteiger partial charge is 0.0776 e. The Hall–Kier alpha value is -0.0800. The van der Waals surface area contributed by atoms with Crippen molar-refractivity contribution in [3.8, 4) is 0 Å². The van der Waals surface area contributed by atoms with Gasteiger partial charge in [0.2, 0.25) is 0 Å². The van der Waals surface area contributed by atoms with Crippen molar-refractivity contribution in [1.82, 2.24) is 5.32 Å². The van der Waals surface area contributed by atoms with E-state index in [4.69, 9.17) is 0 Å². The number of hydrogen-bond donors (Lipinski definition) is 2. The van der Waals surface area contributed by atoms with Crippen LogP contribution in [0.3, 0.4) is 0 Å². The van der Waals surface area contributed by atoms with Crippen LogP contribution in [0.15, 0.2) is 0 Å². The Bertz CT molecular complexity index is 133. The molecule has 2 N–H and O–H groups in total. The van der Waals surface area contributed by atoms with E-state index in [0.29, 0.717) is 11.8 Å². The molecule has 0 saturated carbocycles. The lowest BCUT2D eigenvalue weighted by atomic mass is 9.85. The lowest BCUT2D eigenvalue weighted by Gasteiger charge is -2.31. The molecule has 0 spiro atoms. The Morgan fingerprint density at radius 2 is 1.50 bits per heavy atom. The molecule has 86 valence electrons. The molecule has 0 rings (SSSR count). The van der Waals surface area contributed by atoms with Gasteiger partial charge in [0.1, 0.15) is 0 Å². The maximum Gasteiger partial charge on any atom is 0.0776 e.